The van der Waals surface area contributed by atoms with Gasteiger partial charge in [-0.1, -0.05) is 32.9 Å². The molecule has 0 aromatic heterocycles. The maximum absolute atomic E-state index is 13.0. The van der Waals surface area contributed by atoms with E-state index < -0.39 is 10.0 Å². The quantitative estimate of drug-likeness (QED) is 0.839. The van der Waals surface area contributed by atoms with Gasteiger partial charge in [-0.25, -0.2) is 8.42 Å². The number of carbonyl (C=O) groups excluding carboxylic acids is 1. The first-order chi connectivity index (χ1) is 12.5. The van der Waals surface area contributed by atoms with Crippen LogP contribution >= 0.6 is 0 Å². The molecule has 0 fully saturated rings. The highest BCUT2D eigenvalue weighted by molar-refractivity contribution is 7.92. The molecule has 27 heavy (non-hydrogen) atoms. The van der Waals surface area contributed by atoms with Crippen LogP contribution in [0.25, 0.3) is 0 Å². The number of hydrogen-bond donors (Lipinski definition) is 2. The zero-order chi connectivity index (χ0) is 20.0. The van der Waals surface area contributed by atoms with Crippen LogP contribution in [0.3, 0.4) is 0 Å². The van der Waals surface area contributed by atoms with Gasteiger partial charge < -0.3 is 10.1 Å². The summed E-state index contributed by atoms with van der Waals surface area (Å²) < 4.78 is 33.9. The molecule has 0 bridgehead atoms. The highest BCUT2D eigenvalue weighted by Gasteiger charge is 2.24. The lowest BCUT2D eigenvalue weighted by molar-refractivity contribution is -0.118. The molecule has 1 aliphatic rings. The van der Waals surface area contributed by atoms with E-state index in [1.54, 1.807) is 32.0 Å². The molecule has 0 saturated heterocycles. The number of aryl methyl sites for hydroxylation is 2. The molecule has 6 nitrogen and oxygen atoms in total. The summed E-state index contributed by atoms with van der Waals surface area (Å²) in [4.78, 5) is 11.7. The molecule has 0 unspecified atom stereocenters. The van der Waals surface area contributed by atoms with Crippen molar-refractivity contribution in [2.75, 3.05) is 16.6 Å². The van der Waals surface area contributed by atoms with Crippen molar-refractivity contribution in [3.05, 3.63) is 47.0 Å². The van der Waals surface area contributed by atoms with E-state index >= 15 is 0 Å². The first-order valence-corrected chi connectivity index (χ1v) is 10.2. The third-order valence-corrected chi connectivity index (χ3v) is 6.15. The van der Waals surface area contributed by atoms with Gasteiger partial charge in [0.05, 0.1) is 16.3 Å². The standard InChI is InChI=1S/C20H24N2O4S/c1-12-8-14(20(3,4)5)9-13(2)19(12)27(24,25)22-15-6-7-17-16(10-15)21-18(23)11-26-17/h6-10,22H,11H2,1-5H3,(H,21,23). The van der Waals surface area contributed by atoms with E-state index in [1.165, 1.54) is 0 Å². The lowest BCUT2D eigenvalue weighted by Crippen LogP contribution is -2.25. The van der Waals surface area contributed by atoms with E-state index in [4.69, 9.17) is 4.74 Å². The van der Waals surface area contributed by atoms with Crippen molar-refractivity contribution in [2.24, 2.45) is 0 Å². The Morgan fingerprint density at radius 2 is 1.70 bits per heavy atom. The third-order valence-electron chi connectivity index (χ3n) is 4.46. The molecule has 144 valence electrons. The average Bonchev–Trinajstić information content (AvgIpc) is 2.52. The molecule has 3 rings (SSSR count). The second kappa shape index (κ2) is 6.56. The maximum Gasteiger partial charge on any atom is 0.262 e. The van der Waals surface area contributed by atoms with Gasteiger partial charge in [-0.2, -0.15) is 0 Å². The normalized spacial score (nSPS) is 14.2. The van der Waals surface area contributed by atoms with Crippen molar-refractivity contribution in [3.63, 3.8) is 0 Å². The van der Waals surface area contributed by atoms with Crippen molar-refractivity contribution < 1.29 is 17.9 Å². The first-order valence-electron chi connectivity index (χ1n) is 8.68. The van der Waals surface area contributed by atoms with Gasteiger partial charge in [0.15, 0.2) is 6.61 Å². The molecule has 1 aliphatic heterocycles. The van der Waals surface area contributed by atoms with Crippen molar-refractivity contribution in [1.82, 2.24) is 0 Å². The molecule has 1 heterocycles. The smallest absolute Gasteiger partial charge is 0.262 e. The number of anilines is 2. The van der Waals surface area contributed by atoms with Crippen molar-refractivity contribution in [3.8, 4) is 5.75 Å². The molecule has 7 heteroatoms. The molecule has 2 aromatic carbocycles. The SMILES string of the molecule is Cc1cc(C(C)(C)C)cc(C)c1S(=O)(=O)Nc1ccc2c(c1)NC(=O)CO2. The second-order valence-corrected chi connectivity index (χ2v) is 9.46. The van der Waals surface area contributed by atoms with Gasteiger partial charge in [0, 0.05) is 0 Å². The average molecular weight is 388 g/mol. The first kappa shape index (κ1) is 19.2. The molecule has 2 N–H and O–H groups in total. The van der Waals surface area contributed by atoms with Gasteiger partial charge in [-0.05, 0) is 54.2 Å². The van der Waals surface area contributed by atoms with Gasteiger partial charge in [0.25, 0.3) is 15.9 Å². The fourth-order valence-electron chi connectivity index (χ4n) is 3.16. The van der Waals surface area contributed by atoms with Gasteiger partial charge >= 0.3 is 0 Å². The summed E-state index contributed by atoms with van der Waals surface area (Å²) in [6.07, 6.45) is 0. The zero-order valence-electron chi connectivity index (χ0n) is 16.1. The van der Waals surface area contributed by atoms with Crippen LogP contribution in [-0.4, -0.2) is 20.9 Å². The second-order valence-electron chi connectivity index (χ2n) is 7.84. The Hall–Kier alpha value is -2.54. The maximum atomic E-state index is 13.0. The van der Waals surface area contributed by atoms with Crippen molar-refractivity contribution in [2.45, 2.75) is 44.9 Å². The minimum atomic E-state index is -3.78. The highest BCUT2D eigenvalue weighted by Crippen LogP contribution is 2.33. The number of rotatable bonds is 3. The van der Waals surface area contributed by atoms with Crippen LogP contribution in [0.15, 0.2) is 35.2 Å². The molecular weight excluding hydrogens is 364 g/mol. The topological polar surface area (TPSA) is 84.5 Å². The Morgan fingerprint density at radius 3 is 2.30 bits per heavy atom. The number of ether oxygens (including phenoxy) is 1. The third kappa shape index (κ3) is 3.93. The van der Waals surface area contributed by atoms with E-state index in [1.807, 2.05) is 12.1 Å². The predicted molar refractivity (Wildman–Crippen MR) is 106 cm³/mol. The lowest BCUT2D eigenvalue weighted by atomic mass is 9.85. The van der Waals surface area contributed by atoms with Crippen LogP contribution in [0.1, 0.15) is 37.5 Å². The number of benzene rings is 2. The fraction of sp³-hybridized carbons (Fsp3) is 0.350. The summed E-state index contributed by atoms with van der Waals surface area (Å²) >= 11 is 0. The monoisotopic (exact) mass is 388 g/mol. The summed E-state index contributed by atoms with van der Waals surface area (Å²) in [5.41, 5.74) is 3.22. The minimum Gasteiger partial charge on any atom is -0.482 e. The molecule has 0 spiro atoms. The number of carbonyl (C=O) groups is 1. The highest BCUT2D eigenvalue weighted by atomic mass is 32.2. The van der Waals surface area contributed by atoms with Crippen LogP contribution in [0.4, 0.5) is 11.4 Å². The van der Waals surface area contributed by atoms with E-state index in [0.717, 1.165) is 5.56 Å². The van der Waals surface area contributed by atoms with Gasteiger partial charge in [-0.15, -0.1) is 0 Å². The number of nitrogens with one attached hydrogen (secondary N) is 2. The summed E-state index contributed by atoms with van der Waals surface area (Å²) in [6, 6.07) is 8.64. The number of hydrogen-bond acceptors (Lipinski definition) is 4. The molecule has 0 atom stereocenters. The molecule has 1 amide bonds. The number of fused-ring (bicyclic) bond motifs is 1. The Balaban J connectivity index is 1.96. The van der Waals surface area contributed by atoms with Crippen molar-refractivity contribution in [1.29, 1.82) is 0 Å². The fourth-order valence-corrected chi connectivity index (χ4v) is 4.66. The summed E-state index contributed by atoms with van der Waals surface area (Å²) in [5.74, 6) is 0.242. The van der Waals surface area contributed by atoms with Gasteiger partial charge in [0.1, 0.15) is 5.75 Å². The van der Waals surface area contributed by atoms with Crippen molar-refractivity contribution >= 4 is 27.3 Å². The lowest BCUT2D eigenvalue weighted by Gasteiger charge is -2.23. The van der Waals surface area contributed by atoms with Crippen LogP contribution < -0.4 is 14.8 Å². The van der Waals surface area contributed by atoms with E-state index in [0.29, 0.717) is 28.3 Å². The Bertz CT molecular complexity index is 998. The Kier molecular flexibility index (Phi) is 4.67. The van der Waals surface area contributed by atoms with E-state index in [9.17, 15) is 13.2 Å². The predicted octanol–water partition coefficient (Wildman–Crippen LogP) is 3.73. The van der Waals surface area contributed by atoms with E-state index in [-0.39, 0.29) is 22.8 Å². The van der Waals surface area contributed by atoms with Crippen LogP contribution in [0.5, 0.6) is 5.75 Å². The largest absolute Gasteiger partial charge is 0.482 e. The molecule has 0 aliphatic carbocycles. The molecular formula is C20H24N2O4S. The Labute approximate surface area is 160 Å². The number of sulfonamides is 1. The summed E-state index contributed by atoms with van der Waals surface area (Å²) in [5, 5.41) is 2.67. The number of amides is 1. The molecule has 0 radical (unpaired) electrons. The zero-order valence-corrected chi connectivity index (χ0v) is 17.0. The molecule has 2 aromatic rings. The summed E-state index contributed by atoms with van der Waals surface area (Å²) in [6.45, 7) is 9.84. The Morgan fingerprint density at radius 1 is 1.07 bits per heavy atom. The van der Waals surface area contributed by atoms with Crippen LogP contribution in [0.2, 0.25) is 0 Å². The minimum absolute atomic E-state index is 0.0451. The molecule has 0 saturated carbocycles. The van der Waals surface area contributed by atoms with Crippen LogP contribution in [0, 0.1) is 13.8 Å². The van der Waals surface area contributed by atoms with Crippen LogP contribution in [-0.2, 0) is 20.2 Å². The van der Waals surface area contributed by atoms with Gasteiger partial charge in [0.2, 0.25) is 0 Å². The van der Waals surface area contributed by atoms with E-state index in [2.05, 4.69) is 30.8 Å². The van der Waals surface area contributed by atoms with Gasteiger partial charge in [-0.3, -0.25) is 9.52 Å². The summed E-state index contributed by atoms with van der Waals surface area (Å²) in [7, 11) is -3.78.